The molecule has 0 radical (unpaired) electrons. The molecule has 0 unspecified atom stereocenters. The third kappa shape index (κ3) is 6.09. The Morgan fingerprint density at radius 2 is 1.58 bits per heavy atom. The van der Waals surface area contributed by atoms with Crippen LogP contribution in [-0.2, 0) is 21.4 Å². The molecule has 0 bridgehead atoms. The van der Waals surface area contributed by atoms with E-state index in [1.54, 1.807) is 55.6 Å². The molecule has 0 saturated heterocycles. The number of hydrogen-bond donors (Lipinski definition) is 2. The van der Waals surface area contributed by atoms with Crippen molar-refractivity contribution in [3.8, 4) is 11.5 Å². The van der Waals surface area contributed by atoms with Gasteiger partial charge in [-0.2, -0.15) is 0 Å². The summed E-state index contributed by atoms with van der Waals surface area (Å²) in [4.78, 5) is 24.7. The average molecular weight is 471 g/mol. The van der Waals surface area contributed by atoms with E-state index < -0.39 is 16.0 Å². The zero-order valence-corrected chi connectivity index (χ0v) is 18.7. The third-order valence-electron chi connectivity index (χ3n) is 4.65. The van der Waals surface area contributed by atoms with Gasteiger partial charge >= 0.3 is 5.97 Å². The van der Waals surface area contributed by atoms with Crippen LogP contribution in [0.3, 0.4) is 0 Å². The van der Waals surface area contributed by atoms with Crippen LogP contribution >= 0.6 is 0 Å². The lowest BCUT2D eigenvalue weighted by Gasteiger charge is -2.11. The molecule has 3 aromatic rings. The second-order valence-corrected chi connectivity index (χ2v) is 8.42. The number of carbonyl (C=O) groups excluding carboxylic acids is 2. The Labute approximate surface area is 191 Å². The van der Waals surface area contributed by atoms with E-state index in [1.807, 2.05) is 0 Å². The van der Waals surface area contributed by atoms with Gasteiger partial charge in [0.05, 0.1) is 19.1 Å². The van der Waals surface area contributed by atoms with Crippen LogP contribution in [0.4, 0.5) is 5.69 Å². The summed E-state index contributed by atoms with van der Waals surface area (Å²) in [6, 6.07) is 17.1. The summed E-state index contributed by atoms with van der Waals surface area (Å²) < 4.78 is 38.6. The fourth-order valence-electron chi connectivity index (χ4n) is 2.88. The van der Waals surface area contributed by atoms with Crippen LogP contribution in [0.1, 0.15) is 26.3 Å². The van der Waals surface area contributed by atoms with Gasteiger partial charge in [0.2, 0.25) is 10.0 Å². The number of esters is 1. The van der Waals surface area contributed by atoms with E-state index in [0.717, 1.165) is 6.07 Å². The summed E-state index contributed by atoms with van der Waals surface area (Å²) in [6.45, 7) is -0.0953. The molecule has 0 aliphatic rings. The topological polar surface area (TPSA) is 134 Å². The van der Waals surface area contributed by atoms with Gasteiger partial charge in [0, 0.05) is 11.3 Å². The van der Waals surface area contributed by atoms with Crippen molar-refractivity contribution in [1.29, 1.82) is 0 Å². The number of sulfonamides is 1. The maximum absolute atomic E-state index is 12.5. The number of rotatable bonds is 8. The van der Waals surface area contributed by atoms with E-state index in [-0.39, 0.29) is 28.7 Å². The number of ether oxygens (including phenoxy) is 3. The molecule has 3 rings (SSSR count). The van der Waals surface area contributed by atoms with Crippen LogP contribution < -0.4 is 19.9 Å². The van der Waals surface area contributed by atoms with E-state index >= 15 is 0 Å². The van der Waals surface area contributed by atoms with Crippen LogP contribution in [0.15, 0.2) is 71.6 Å². The highest BCUT2D eigenvalue weighted by atomic mass is 32.2. The summed E-state index contributed by atoms with van der Waals surface area (Å²) in [5.41, 5.74) is 1.60. The predicted octanol–water partition coefficient (Wildman–Crippen LogP) is 2.96. The van der Waals surface area contributed by atoms with E-state index in [9.17, 15) is 18.0 Å². The van der Waals surface area contributed by atoms with Gasteiger partial charge in [-0.1, -0.05) is 12.1 Å². The van der Waals surface area contributed by atoms with Gasteiger partial charge in [-0.3, -0.25) is 4.79 Å². The van der Waals surface area contributed by atoms with Crippen molar-refractivity contribution in [1.82, 2.24) is 0 Å². The minimum Gasteiger partial charge on any atom is -0.497 e. The van der Waals surface area contributed by atoms with Gasteiger partial charge in [0.1, 0.15) is 23.7 Å². The molecule has 0 fully saturated rings. The number of methoxy groups -OCH3 is 2. The fraction of sp³-hybridized carbons (Fsp3) is 0.130. The number of anilines is 1. The summed E-state index contributed by atoms with van der Waals surface area (Å²) in [7, 11) is -1.09. The Morgan fingerprint density at radius 3 is 2.15 bits per heavy atom. The molecule has 0 heterocycles. The van der Waals surface area contributed by atoms with E-state index in [2.05, 4.69) is 5.32 Å². The first-order valence-electron chi connectivity index (χ1n) is 9.63. The summed E-state index contributed by atoms with van der Waals surface area (Å²) in [5.74, 6) is -0.245. The van der Waals surface area contributed by atoms with Gasteiger partial charge < -0.3 is 19.5 Å². The van der Waals surface area contributed by atoms with Gasteiger partial charge in [-0.15, -0.1) is 0 Å². The molecule has 172 valence electrons. The smallest absolute Gasteiger partial charge is 0.342 e. The minimum absolute atomic E-state index is 0.0699. The van der Waals surface area contributed by atoms with Gasteiger partial charge in [0.25, 0.3) is 5.91 Å². The minimum atomic E-state index is -4.00. The second kappa shape index (κ2) is 10.2. The zero-order chi connectivity index (χ0) is 24.0. The van der Waals surface area contributed by atoms with Crippen molar-refractivity contribution >= 4 is 27.6 Å². The van der Waals surface area contributed by atoms with Gasteiger partial charge in [0.15, 0.2) is 0 Å². The third-order valence-corrected chi connectivity index (χ3v) is 5.56. The highest BCUT2D eigenvalue weighted by molar-refractivity contribution is 7.89. The second-order valence-electron chi connectivity index (χ2n) is 6.86. The highest BCUT2D eigenvalue weighted by Crippen LogP contribution is 2.23. The van der Waals surface area contributed by atoms with Gasteiger partial charge in [-0.05, 0) is 60.2 Å². The molecule has 0 aliphatic heterocycles. The molecule has 0 aromatic heterocycles. The number of carbonyl (C=O) groups is 2. The van der Waals surface area contributed by atoms with Crippen molar-refractivity contribution < 1.29 is 32.2 Å². The Balaban J connectivity index is 1.64. The number of nitrogens with two attached hydrogens (primary N) is 1. The Hall–Kier alpha value is -3.89. The quantitative estimate of drug-likeness (QED) is 0.483. The zero-order valence-electron chi connectivity index (χ0n) is 17.9. The molecule has 1 amide bonds. The summed E-state index contributed by atoms with van der Waals surface area (Å²) in [6.07, 6.45) is 0. The van der Waals surface area contributed by atoms with Crippen molar-refractivity contribution in [3.63, 3.8) is 0 Å². The molecular formula is C23H22N2O7S. The van der Waals surface area contributed by atoms with E-state index in [1.165, 1.54) is 19.2 Å². The molecule has 0 spiro atoms. The number of primary sulfonamides is 1. The predicted molar refractivity (Wildman–Crippen MR) is 121 cm³/mol. The van der Waals surface area contributed by atoms with Crippen LogP contribution in [0.25, 0.3) is 0 Å². The fourth-order valence-corrected chi connectivity index (χ4v) is 3.42. The number of benzene rings is 3. The summed E-state index contributed by atoms with van der Waals surface area (Å²) >= 11 is 0. The molecule has 3 aromatic carbocycles. The van der Waals surface area contributed by atoms with Crippen LogP contribution in [-0.4, -0.2) is 34.5 Å². The first-order chi connectivity index (χ1) is 15.7. The first kappa shape index (κ1) is 23.8. The van der Waals surface area contributed by atoms with Crippen LogP contribution in [0.5, 0.6) is 11.5 Å². The van der Waals surface area contributed by atoms with Crippen LogP contribution in [0, 0.1) is 0 Å². The van der Waals surface area contributed by atoms with E-state index in [0.29, 0.717) is 22.6 Å². The molecule has 0 saturated carbocycles. The molecule has 10 heteroatoms. The molecule has 0 aliphatic carbocycles. The highest BCUT2D eigenvalue weighted by Gasteiger charge is 2.18. The molecule has 33 heavy (non-hydrogen) atoms. The maximum Gasteiger partial charge on any atom is 0.342 e. The maximum atomic E-state index is 12.5. The lowest BCUT2D eigenvalue weighted by atomic mass is 10.1. The standard InChI is InChI=1S/C23H22N2O7S/c1-30-18-9-7-17(8-10-18)25-22(26)16-5-3-15(4-6-16)14-32-23(27)20-13-19(33(24,28)29)11-12-21(20)31-2/h3-13H,14H2,1-2H3,(H,25,26)(H2,24,28,29). The Kier molecular flexibility index (Phi) is 7.31. The SMILES string of the molecule is COc1ccc(NC(=O)c2ccc(COC(=O)c3cc(S(N)(=O)=O)ccc3OC)cc2)cc1. The number of amides is 1. The van der Waals surface area contributed by atoms with E-state index in [4.69, 9.17) is 19.3 Å². The van der Waals surface area contributed by atoms with Crippen LogP contribution in [0.2, 0.25) is 0 Å². The Morgan fingerprint density at radius 1 is 0.909 bits per heavy atom. The largest absolute Gasteiger partial charge is 0.497 e. The Bertz CT molecular complexity index is 1250. The summed E-state index contributed by atoms with van der Waals surface area (Å²) in [5, 5.41) is 7.90. The molecule has 9 nitrogen and oxygen atoms in total. The number of nitrogens with one attached hydrogen (secondary N) is 1. The average Bonchev–Trinajstić information content (AvgIpc) is 2.82. The van der Waals surface area contributed by atoms with Crippen molar-refractivity contribution in [2.24, 2.45) is 5.14 Å². The van der Waals surface area contributed by atoms with Gasteiger partial charge in [-0.25, -0.2) is 18.4 Å². The molecule has 3 N–H and O–H groups in total. The lowest BCUT2D eigenvalue weighted by Crippen LogP contribution is -2.14. The van der Waals surface area contributed by atoms with Crippen molar-refractivity contribution in [2.75, 3.05) is 19.5 Å². The van der Waals surface area contributed by atoms with Crippen molar-refractivity contribution in [2.45, 2.75) is 11.5 Å². The number of hydrogen-bond acceptors (Lipinski definition) is 7. The lowest BCUT2D eigenvalue weighted by molar-refractivity contribution is 0.0468. The molecule has 0 atom stereocenters. The first-order valence-corrected chi connectivity index (χ1v) is 11.2. The monoisotopic (exact) mass is 470 g/mol. The van der Waals surface area contributed by atoms with Crippen molar-refractivity contribution in [3.05, 3.63) is 83.4 Å². The molecular weight excluding hydrogens is 448 g/mol. The normalized spacial score (nSPS) is 10.9.